The Kier molecular flexibility index (Phi) is 4.23. The van der Waals surface area contributed by atoms with Crippen molar-refractivity contribution in [3.8, 4) is 0 Å². The van der Waals surface area contributed by atoms with Crippen molar-refractivity contribution < 1.29 is 0 Å². The Labute approximate surface area is 115 Å². The van der Waals surface area contributed by atoms with Crippen LogP contribution >= 0.6 is 0 Å². The second kappa shape index (κ2) is 5.89. The first-order chi connectivity index (χ1) is 9.13. The molecule has 0 heterocycles. The van der Waals surface area contributed by atoms with Crippen LogP contribution in [0.2, 0.25) is 0 Å². The highest BCUT2D eigenvalue weighted by Crippen LogP contribution is 2.25. The first kappa shape index (κ1) is 13.6. The minimum Gasteiger partial charge on any atom is -0.377 e. The van der Waals surface area contributed by atoms with E-state index >= 15 is 0 Å². The molecule has 2 heteroatoms. The van der Waals surface area contributed by atoms with E-state index < -0.39 is 0 Å². The Morgan fingerprint density at radius 1 is 0.947 bits per heavy atom. The van der Waals surface area contributed by atoms with E-state index in [0.717, 1.165) is 5.69 Å². The molecule has 0 bridgehead atoms. The molecular weight excluding hydrogens is 232 g/mol. The average molecular weight is 254 g/mol. The van der Waals surface area contributed by atoms with Gasteiger partial charge in [-0.1, -0.05) is 36.4 Å². The fraction of sp³-hybridized carbons (Fsp3) is 0.294. The quantitative estimate of drug-likeness (QED) is 0.872. The number of nitrogens with two attached hydrogens (primary N) is 1. The van der Waals surface area contributed by atoms with E-state index in [1.54, 1.807) is 0 Å². The first-order valence-electron chi connectivity index (χ1n) is 6.72. The summed E-state index contributed by atoms with van der Waals surface area (Å²) in [5.41, 5.74) is 12.3. The molecule has 0 aliphatic heterocycles. The van der Waals surface area contributed by atoms with Gasteiger partial charge in [-0.15, -0.1) is 0 Å². The van der Waals surface area contributed by atoms with Crippen LogP contribution in [0.25, 0.3) is 0 Å². The van der Waals surface area contributed by atoms with E-state index in [1.165, 1.54) is 22.3 Å². The third kappa shape index (κ3) is 2.96. The Morgan fingerprint density at radius 2 is 1.63 bits per heavy atom. The van der Waals surface area contributed by atoms with Crippen LogP contribution in [0.4, 0.5) is 5.69 Å². The molecule has 0 aliphatic rings. The minimum absolute atomic E-state index is 0.154. The molecule has 0 radical (unpaired) electrons. The molecule has 2 nitrogen and oxygen atoms in total. The maximum Gasteiger partial charge on any atom is 0.0638 e. The largest absolute Gasteiger partial charge is 0.377 e. The fourth-order valence-electron chi connectivity index (χ4n) is 2.34. The normalized spacial score (nSPS) is 12.2. The number of aryl methyl sites for hydroxylation is 2. The van der Waals surface area contributed by atoms with Crippen molar-refractivity contribution in [2.75, 3.05) is 11.9 Å². The van der Waals surface area contributed by atoms with Gasteiger partial charge in [-0.25, -0.2) is 0 Å². The van der Waals surface area contributed by atoms with Gasteiger partial charge < -0.3 is 11.1 Å². The molecule has 2 aromatic carbocycles. The van der Waals surface area contributed by atoms with Crippen molar-refractivity contribution in [3.63, 3.8) is 0 Å². The van der Waals surface area contributed by atoms with Gasteiger partial charge in [0.25, 0.3) is 0 Å². The lowest BCUT2D eigenvalue weighted by Crippen LogP contribution is -2.22. The van der Waals surface area contributed by atoms with Gasteiger partial charge in [0.1, 0.15) is 0 Å². The van der Waals surface area contributed by atoms with Crippen LogP contribution in [0.1, 0.15) is 28.3 Å². The second-order valence-electron chi connectivity index (χ2n) is 5.04. The maximum absolute atomic E-state index is 5.96. The molecule has 1 unspecified atom stereocenters. The Balaban J connectivity index is 2.31. The Bertz CT molecular complexity index is 561. The summed E-state index contributed by atoms with van der Waals surface area (Å²) in [5, 5.41) is 3.56. The highest BCUT2D eigenvalue weighted by molar-refractivity contribution is 5.53. The summed E-state index contributed by atoms with van der Waals surface area (Å²) in [4.78, 5) is 0. The SMILES string of the molecule is Cc1ccccc1NC(CN)c1cccc(C)c1C. The summed E-state index contributed by atoms with van der Waals surface area (Å²) in [6, 6.07) is 14.9. The molecule has 0 saturated heterocycles. The average Bonchev–Trinajstić information content (AvgIpc) is 2.41. The standard InChI is InChI=1S/C17H22N2/c1-12-8-6-9-15(14(12)3)17(11-18)19-16-10-5-4-7-13(16)2/h4-10,17,19H,11,18H2,1-3H3. The topological polar surface area (TPSA) is 38.0 Å². The molecule has 0 spiro atoms. The maximum atomic E-state index is 5.96. The number of benzene rings is 2. The third-order valence-corrected chi connectivity index (χ3v) is 3.73. The van der Waals surface area contributed by atoms with Crippen LogP contribution in [0.15, 0.2) is 42.5 Å². The molecule has 1 atom stereocenters. The van der Waals surface area contributed by atoms with Gasteiger partial charge in [0.2, 0.25) is 0 Å². The molecule has 3 N–H and O–H groups in total. The van der Waals surface area contributed by atoms with Crippen molar-refractivity contribution in [2.45, 2.75) is 26.8 Å². The molecule has 2 aromatic rings. The number of hydrogen-bond acceptors (Lipinski definition) is 2. The number of rotatable bonds is 4. The highest BCUT2D eigenvalue weighted by atomic mass is 14.9. The second-order valence-corrected chi connectivity index (χ2v) is 5.04. The van der Waals surface area contributed by atoms with Gasteiger partial charge in [0, 0.05) is 12.2 Å². The van der Waals surface area contributed by atoms with Crippen LogP contribution in [0, 0.1) is 20.8 Å². The van der Waals surface area contributed by atoms with E-state index in [9.17, 15) is 0 Å². The molecule has 0 aliphatic carbocycles. The van der Waals surface area contributed by atoms with E-state index in [1.807, 2.05) is 6.07 Å². The van der Waals surface area contributed by atoms with Crippen LogP contribution in [0.5, 0.6) is 0 Å². The van der Waals surface area contributed by atoms with Gasteiger partial charge >= 0.3 is 0 Å². The summed E-state index contributed by atoms with van der Waals surface area (Å²) >= 11 is 0. The van der Waals surface area contributed by atoms with Gasteiger partial charge in [-0.3, -0.25) is 0 Å². The molecule has 0 amide bonds. The summed E-state index contributed by atoms with van der Waals surface area (Å²) in [6.07, 6.45) is 0. The zero-order valence-electron chi connectivity index (χ0n) is 11.9. The number of hydrogen-bond donors (Lipinski definition) is 2. The number of anilines is 1. The van der Waals surface area contributed by atoms with Crippen LogP contribution in [0.3, 0.4) is 0 Å². The van der Waals surface area contributed by atoms with Crippen LogP contribution in [-0.4, -0.2) is 6.54 Å². The molecule has 0 fully saturated rings. The van der Waals surface area contributed by atoms with Gasteiger partial charge in [-0.05, 0) is 49.1 Å². The van der Waals surface area contributed by atoms with E-state index in [-0.39, 0.29) is 6.04 Å². The number of para-hydroxylation sites is 1. The Hall–Kier alpha value is -1.80. The molecule has 0 aromatic heterocycles. The fourth-order valence-corrected chi connectivity index (χ4v) is 2.34. The summed E-state index contributed by atoms with van der Waals surface area (Å²) in [6.45, 7) is 6.99. The van der Waals surface area contributed by atoms with E-state index in [4.69, 9.17) is 5.73 Å². The van der Waals surface area contributed by atoms with Crippen molar-refractivity contribution in [1.29, 1.82) is 0 Å². The zero-order valence-corrected chi connectivity index (χ0v) is 11.9. The predicted molar refractivity (Wildman–Crippen MR) is 82.5 cm³/mol. The molecule has 100 valence electrons. The molecule has 0 saturated carbocycles. The Morgan fingerprint density at radius 3 is 2.32 bits per heavy atom. The van der Waals surface area contributed by atoms with Gasteiger partial charge in [-0.2, -0.15) is 0 Å². The van der Waals surface area contributed by atoms with Gasteiger partial charge in [0.15, 0.2) is 0 Å². The van der Waals surface area contributed by atoms with Crippen molar-refractivity contribution >= 4 is 5.69 Å². The zero-order chi connectivity index (χ0) is 13.8. The van der Waals surface area contributed by atoms with Gasteiger partial charge in [0.05, 0.1) is 6.04 Å². The van der Waals surface area contributed by atoms with E-state index in [2.05, 4.69) is 62.5 Å². The monoisotopic (exact) mass is 254 g/mol. The number of nitrogens with one attached hydrogen (secondary N) is 1. The smallest absolute Gasteiger partial charge is 0.0638 e. The minimum atomic E-state index is 0.154. The summed E-state index contributed by atoms with van der Waals surface area (Å²) in [5.74, 6) is 0. The van der Waals surface area contributed by atoms with E-state index in [0.29, 0.717) is 6.54 Å². The molecule has 19 heavy (non-hydrogen) atoms. The summed E-state index contributed by atoms with van der Waals surface area (Å²) < 4.78 is 0. The van der Waals surface area contributed by atoms with Crippen molar-refractivity contribution in [2.24, 2.45) is 5.73 Å². The molecule has 2 rings (SSSR count). The lowest BCUT2D eigenvalue weighted by molar-refractivity contribution is 0.781. The third-order valence-electron chi connectivity index (χ3n) is 3.73. The lowest BCUT2D eigenvalue weighted by atomic mass is 9.97. The summed E-state index contributed by atoms with van der Waals surface area (Å²) in [7, 11) is 0. The lowest BCUT2D eigenvalue weighted by Gasteiger charge is -2.22. The van der Waals surface area contributed by atoms with Crippen LogP contribution in [-0.2, 0) is 0 Å². The first-order valence-corrected chi connectivity index (χ1v) is 6.72. The molecular formula is C17H22N2. The van der Waals surface area contributed by atoms with Crippen LogP contribution < -0.4 is 11.1 Å². The highest BCUT2D eigenvalue weighted by Gasteiger charge is 2.13. The van der Waals surface area contributed by atoms with Crippen molar-refractivity contribution in [3.05, 3.63) is 64.7 Å². The predicted octanol–water partition coefficient (Wildman–Crippen LogP) is 3.72. The van der Waals surface area contributed by atoms with Crippen molar-refractivity contribution in [1.82, 2.24) is 0 Å².